The van der Waals surface area contributed by atoms with Gasteiger partial charge in [-0.25, -0.2) is 4.98 Å². The Balaban J connectivity index is 1.26. The van der Waals surface area contributed by atoms with Gasteiger partial charge in [-0.2, -0.15) is 18.4 Å². The molecule has 1 aliphatic carbocycles. The summed E-state index contributed by atoms with van der Waals surface area (Å²) in [5.74, 6) is 0.694. The summed E-state index contributed by atoms with van der Waals surface area (Å²) >= 11 is 0. The van der Waals surface area contributed by atoms with Crippen molar-refractivity contribution < 1.29 is 18.0 Å². The largest absolute Gasteiger partial charge is 0.416 e. The zero-order chi connectivity index (χ0) is 32.1. The molecule has 7 rings (SSSR count). The molecule has 3 aliphatic rings. The topological polar surface area (TPSA) is 116 Å². The second kappa shape index (κ2) is 11.5. The van der Waals surface area contributed by atoms with Crippen LogP contribution in [-0.2, 0) is 26.3 Å². The molecular weight excluding hydrogens is 595 g/mol. The molecule has 0 atom stereocenters. The fourth-order valence-corrected chi connectivity index (χ4v) is 6.63. The number of halogens is 3. The Bertz CT molecular complexity index is 1860. The van der Waals surface area contributed by atoms with E-state index in [9.17, 15) is 18.0 Å². The van der Waals surface area contributed by atoms with Crippen LogP contribution in [0.5, 0.6) is 0 Å². The van der Waals surface area contributed by atoms with Crippen molar-refractivity contribution in [3.8, 4) is 28.6 Å². The lowest BCUT2D eigenvalue weighted by Gasteiger charge is -2.19. The average Bonchev–Trinajstić information content (AvgIpc) is 3.29. The molecule has 1 aromatic carbocycles. The number of benzene rings is 1. The van der Waals surface area contributed by atoms with Gasteiger partial charge in [0.25, 0.3) is 5.91 Å². The standard InChI is InChI=1S/C33H32F3N9O/c1-43-20-40-42-30(43)23-4-10-38-16-25(23)22-14-28(39-9-3-2-8-37)41-29(15-22)45-18-26-24(31(45)46)12-21(13-27(26)33(34,35)36)17-44-11-7-32(19-44)5-6-32/h4,10,12-16,20H,2-3,5-7,9,11,17-19H2,1H3,(H,39,41). The normalized spacial score (nSPS) is 17.0. The lowest BCUT2D eigenvalue weighted by atomic mass is 9.98. The number of pyridine rings is 2. The number of anilines is 2. The third kappa shape index (κ3) is 5.69. The third-order valence-corrected chi connectivity index (χ3v) is 9.23. The Labute approximate surface area is 263 Å². The smallest absolute Gasteiger partial charge is 0.370 e. The van der Waals surface area contributed by atoms with Gasteiger partial charge in [0.15, 0.2) is 5.82 Å². The first-order valence-electron chi connectivity index (χ1n) is 15.3. The summed E-state index contributed by atoms with van der Waals surface area (Å²) in [4.78, 5) is 26.4. The number of carbonyl (C=O) groups excluding carboxylic acids is 1. The maximum absolute atomic E-state index is 14.5. The number of nitriles is 1. The van der Waals surface area contributed by atoms with Crippen molar-refractivity contribution in [1.29, 1.82) is 5.26 Å². The van der Waals surface area contributed by atoms with Crippen molar-refractivity contribution in [2.24, 2.45) is 12.5 Å². The summed E-state index contributed by atoms with van der Waals surface area (Å²) in [6, 6.07) is 10.2. The van der Waals surface area contributed by atoms with E-state index in [-0.39, 0.29) is 23.5 Å². The van der Waals surface area contributed by atoms with E-state index in [0.29, 0.717) is 59.7 Å². The number of likely N-dealkylation sites (tertiary alicyclic amines) is 1. The maximum Gasteiger partial charge on any atom is 0.416 e. The molecule has 1 amide bonds. The van der Waals surface area contributed by atoms with Crippen molar-refractivity contribution in [1.82, 2.24) is 29.6 Å². The lowest BCUT2D eigenvalue weighted by Crippen LogP contribution is -2.24. The SMILES string of the molecule is Cn1cnnc1-c1ccncc1-c1cc(NCCCC#N)nc(N2Cc3c(cc(CN4CCC5(CC5)C4)cc3C(F)(F)F)C2=O)c1. The third-order valence-electron chi connectivity index (χ3n) is 9.23. The Morgan fingerprint density at radius 2 is 1.96 bits per heavy atom. The van der Waals surface area contributed by atoms with Crippen LogP contribution in [0.15, 0.2) is 49.1 Å². The molecule has 2 aliphatic heterocycles. The van der Waals surface area contributed by atoms with Crippen LogP contribution >= 0.6 is 0 Å². The molecule has 3 aromatic heterocycles. The van der Waals surface area contributed by atoms with Crippen LogP contribution in [0.2, 0.25) is 0 Å². The highest BCUT2D eigenvalue weighted by Crippen LogP contribution is 2.53. The van der Waals surface area contributed by atoms with E-state index >= 15 is 0 Å². The van der Waals surface area contributed by atoms with Gasteiger partial charge in [-0.1, -0.05) is 0 Å². The maximum atomic E-state index is 14.5. The molecule has 4 aromatic rings. The molecule has 1 spiro atoms. The van der Waals surface area contributed by atoms with Crippen LogP contribution in [0.3, 0.4) is 0 Å². The number of amides is 1. The van der Waals surface area contributed by atoms with E-state index in [0.717, 1.165) is 25.1 Å². The lowest BCUT2D eigenvalue weighted by molar-refractivity contribution is -0.138. The number of aryl methyl sites for hydroxylation is 1. The molecular formula is C33H32F3N9O. The number of alkyl halides is 3. The number of nitrogens with zero attached hydrogens (tertiary/aromatic N) is 8. The van der Waals surface area contributed by atoms with Gasteiger partial charge in [0, 0.05) is 62.2 Å². The number of fused-ring (bicyclic) bond motifs is 1. The van der Waals surface area contributed by atoms with Gasteiger partial charge in [0.05, 0.1) is 18.2 Å². The molecule has 10 nitrogen and oxygen atoms in total. The number of aromatic nitrogens is 5. The van der Waals surface area contributed by atoms with Gasteiger partial charge < -0.3 is 9.88 Å². The molecule has 2 fully saturated rings. The summed E-state index contributed by atoms with van der Waals surface area (Å²) < 4.78 is 45.2. The fraction of sp³-hybridized carbons (Fsp3) is 0.394. The van der Waals surface area contributed by atoms with E-state index in [2.05, 4.69) is 36.5 Å². The summed E-state index contributed by atoms with van der Waals surface area (Å²) in [5.41, 5.74) is 2.13. The molecule has 46 heavy (non-hydrogen) atoms. The molecule has 0 unspecified atom stereocenters. The second-order valence-electron chi connectivity index (χ2n) is 12.5. The van der Waals surface area contributed by atoms with Gasteiger partial charge in [0.1, 0.15) is 18.0 Å². The first-order chi connectivity index (χ1) is 22.1. The molecule has 13 heteroatoms. The van der Waals surface area contributed by atoms with Crippen LogP contribution in [0.1, 0.15) is 59.2 Å². The Kier molecular flexibility index (Phi) is 7.47. The predicted molar refractivity (Wildman–Crippen MR) is 164 cm³/mol. The molecule has 5 heterocycles. The number of rotatable bonds is 9. The van der Waals surface area contributed by atoms with Crippen molar-refractivity contribution in [3.63, 3.8) is 0 Å². The van der Waals surface area contributed by atoms with Crippen molar-refractivity contribution in [3.05, 3.63) is 71.3 Å². The Morgan fingerprint density at radius 3 is 2.67 bits per heavy atom. The molecule has 0 bridgehead atoms. The molecule has 1 saturated heterocycles. The van der Waals surface area contributed by atoms with E-state index in [1.54, 1.807) is 47.6 Å². The Hall–Kier alpha value is -4.83. The number of hydrogen-bond donors (Lipinski definition) is 1. The minimum absolute atomic E-state index is 0.0433. The number of nitrogens with one attached hydrogen (secondary N) is 1. The van der Waals surface area contributed by atoms with Crippen LogP contribution in [0, 0.1) is 16.7 Å². The van der Waals surface area contributed by atoms with Crippen LogP contribution in [0.25, 0.3) is 22.5 Å². The molecule has 1 saturated carbocycles. The van der Waals surface area contributed by atoms with E-state index in [1.807, 2.05) is 7.05 Å². The number of unbranched alkanes of at least 4 members (excludes halogenated alkanes) is 1. The zero-order valence-electron chi connectivity index (χ0n) is 25.3. The highest BCUT2D eigenvalue weighted by molar-refractivity contribution is 6.10. The minimum Gasteiger partial charge on any atom is -0.370 e. The van der Waals surface area contributed by atoms with Crippen molar-refractivity contribution >= 4 is 17.5 Å². The van der Waals surface area contributed by atoms with E-state index < -0.39 is 17.6 Å². The number of carbonyl (C=O) groups is 1. The van der Waals surface area contributed by atoms with Gasteiger partial charge in [0.2, 0.25) is 0 Å². The van der Waals surface area contributed by atoms with E-state index in [4.69, 9.17) is 5.26 Å². The fourth-order valence-electron chi connectivity index (χ4n) is 6.63. The summed E-state index contributed by atoms with van der Waals surface area (Å²) in [7, 11) is 1.82. The first kappa shape index (κ1) is 29.9. The quantitative estimate of drug-likeness (QED) is 0.231. The Morgan fingerprint density at radius 1 is 1.11 bits per heavy atom. The van der Waals surface area contributed by atoms with Crippen LogP contribution < -0.4 is 10.2 Å². The molecule has 0 radical (unpaired) electrons. The minimum atomic E-state index is -4.62. The summed E-state index contributed by atoms with van der Waals surface area (Å²) in [5, 5.41) is 20.4. The van der Waals surface area contributed by atoms with E-state index in [1.165, 1.54) is 23.8 Å². The zero-order valence-corrected chi connectivity index (χ0v) is 25.3. The van der Waals surface area contributed by atoms with Crippen molar-refractivity contribution in [2.75, 3.05) is 29.9 Å². The predicted octanol–water partition coefficient (Wildman–Crippen LogP) is 5.82. The number of hydrogen-bond acceptors (Lipinski definition) is 8. The highest BCUT2D eigenvalue weighted by Gasteiger charge is 2.47. The highest BCUT2D eigenvalue weighted by atomic mass is 19.4. The molecule has 236 valence electrons. The van der Waals surface area contributed by atoms with Gasteiger partial charge in [-0.3, -0.25) is 19.6 Å². The average molecular weight is 628 g/mol. The van der Waals surface area contributed by atoms with Crippen LogP contribution in [0.4, 0.5) is 24.8 Å². The van der Waals surface area contributed by atoms with Crippen molar-refractivity contribution in [2.45, 2.75) is 51.4 Å². The summed E-state index contributed by atoms with van der Waals surface area (Å²) in [6.45, 7) is 2.30. The monoisotopic (exact) mass is 627 g/mol. The molecule has 1 N–H and O–H groups in total. The first-order valence-corrected chi connectivity index (χ1v) is 15.3. The van der Waals surface area contributed by atoms with Crippen LogP contribution in [-0.4, -0.2) is 55.2 Å². The summed E-state index contributed by atoms with van der Waals surface area (Å²) in [6.07, 6.45) is 4.60. The second-order valence-corrected chi connectivity index (χ2v) is 12.5. The van der Waals surface area contributed by atoms with Gasteiger partial charge >= 0.3 is 6.18 Å². The van der Waals surface area contributed by atoms with Gasteiger partial charge in [-0.05, 0) is 84.7 Å². The van der Waals surface area contributed by atoms with Gasteiger partial charge in [-0.15, -0.1) is 10.2 Å².